The lowest BCUT2D eigenvalue weighted by Gasteiger charge is -2.03. The van der Waals surface area contributed by atoms with Crippen LogP contribution in [0.2, 0.25) is 5.02 Å². The Labute approximate surface area is 114 Å². The number of H-pyrrole nitrogens is 1. The third kappa shape index (κ3) is 2.00. The summed E-state index contributed by atoms with van der Waals surface area (Å²) in [7, 11) is 0. The van der Waals surface area contributed by atoms with Crippen molar-refractivity contribution in [2.75, 3.05) is 6.61 Å². The number of nitrogens with zero attached hydrogens (tertiary/aromatic N) is 2. The van der Waals surface area contributed by atoms with E-state index in [9.17, 15) is 17.6 Å². The topological polar surface area (TPSA) is 50.3 Å². The number of nitrogens with one attached hydrogen (secondary N) is 1. The smallest absolute Gasteiger partial charge is 0.395 e. The Bertz CT molecular complexity index is 723. The quantitative estimate of drug-likeness (QED) is 0.820. The molecule has 4 nitrogen and oxygen atoms in total. The van der Waals surface area contributed by atoms with E-state index in [-0.39, 0.29) is 33.9 Å². The average Bonchev–Trinajstić information content (AvgIpc) is 2.96. The van der Waals surface area contributed by atoms with Gasteiger partial charge in [-0.15, -0.1) is 0 Å². The molecule has 1 N–H and O–H groups in total. The normalized spacial score (nSPS) is 15.6. The Hall–Kier alpha value is -1.83. The maximum Gasteiger partial charge on any atom is 0.449 e. The summed E-state index contributed by atoms with van der Waals surface area (Å²) in [4.78, 5) is 10.2. The number of benzene rings is 1. The number of rotatable bonds is 1. The van der Waals surface area contributed by atoms with Crippen LogP contribution in [-0.2, 0) is 11.0 Å². The van der Waals surface area contributed by atoms with Crippen molar-refractivity contribution in [1.82, 2.24) is 9.97 Å². The second-order valence-corrected chi connectivity index (χ2v) is 4.55. The molecular formula is C11H6ClF4N3O. The number of oxime groups is 1. The number of hydrogen-bond donors (Lipinski definition) is 1. The molecule has 0 fully saturated rings. The minimum Gasteiger partial charge on any atom is -0.395 e. The second kappa shape index (κ2) is 4.34. The van der Waals surface area contributed by atoms with E-state index < -0.39 is 17.8 Å². The van der Waals surface area contributed by atoms with E-state index in [0.29, 0.717) is 6.42 Å². The number of hydrogen-bond acceptors (Lipinski definition) is 3. The molecule has 2 heterocycles. The van der Waals surface area contributed by atoms with E-state index in [1.807, 2.05) is 0 Å². The molecule has 0 atom stereocenters. The summed E-state index contributed by atoms with van der Waals surface area (Å²) in [5, 5.41) is 3.44. The molecule has 1 aromatic carbocycles. The average molecular weight is 308 g/mol. The minimum atomic E-state index is -4.68. The van der Waals surface area contributed by atoms with E-state index in [1.54, 1.807) is 0 Å². The fraction of sp³-hybridized carbons (Fsp3) is 0.273. The number of fused-ring (bicyclic) bond motifs is 1. The number of imidazole rings is 1. The Morgan fingerprint density at radius 3 is 2.70 bits per heavy atom. The first-order valence-corrected chi connectivity index (χ1v) is 5.90. The van der Waals surface area contributed by atoms with Crippen LogP contribution in [-0.4, -0.2) is 22.3 Å². The maximum atomic E-state index is 14.0. The third-order valence-corrected chi connectivity index (χ3v) is 3.13. The number of halogens is 5. The molecule has 1 aromatic heterocycles. The molecule has 20 heavy (non-hydrogen) atoms. The molecule has 0 saturated carbocycles. The van der Waals surface area contributed by atoms with Crippen molar-refractivity contribution in [2.24, 2.45) is 5.16 Å². The number of aromatic nitrogens is 2. The van der Waals surface area contributed by atoms with Crippen molar-refractivity contribution in [2.45, 2.75) is 12.6 Å². The van der Waals surface area contributed by atoms with Gasteiger partial charge < -0.3 is 9.82 Å². The summed E-state index contributed by atoms with van der Waals surface area (Å²) in [5.41, 5.74) is -0.186. The zero-order valence-corrected chi connectivity index (χ0v) is 10.4. The van der Waals surface area contributed by atoms with Gasteiger partial charge in [0.25, 0.3) is 0 Å². The fourth-order valence-electron chi connectivity index (χ4n) is 1.99. The first-order valence-electron chi connectivity index (χ1n) is 5.52. The molecular weight excluding hydrogens is 302 g/mol. The monoisotopic (exact) mass is 307 g/mol. The van der Waals surface area contributed by atoms with Crippen molar-refractivity contribution >= 4 is 28.3 Å². The lowest BCUT2D eigenvalue weighted by Crippen LogP contribution is -2.07. The fourth-order valence-corrected chi connectivity index (χ4v) is 2.22. The van der Waals surface area contributed by atoms with Gasteiger partial charge in [0.2, 0.25) is 5.82 Å². The SMILES string of the molecule is Fc1cc(Cl)c2[nH]c(C(F)(F)F)nc2c1C1=NOCC1. The summed E-state index contributed by atoms with van der Waals surface area (Å²) < 4.78 is 52.0. The molecule has 106 valence electrons. The summed E-state index contributed by atoms with van der Waals surface area (Å²) in [6, 6.07) is 0.929. The van der Waals surface area contributed by atoms with E-state index in [2.05, 4.69) is 15.1 Å². The van der Waals surface area contributed by atoms with Crippen LogP contribution in [0, 0.1) is 5.82 Å². The summed E-state index contributed by atoms with van der Waals surface area (Å²) >= 11 is 5.75. The van der Waals surface area contributed by atoms with Crippen LogP contribution in [0.1, 0.15) is 17.8 Å². The molecule has 0 saturated heterocycles. The maximum absolute atomic E-state index is 14.0. The summed E-state index contributed by atoms with van der Waals surface area (Å²) in [6.07, 6.45) is -4.38. The van der Waals surface area contributed by atoms with Crippen LogP contribution in [0.5, 0.6) is 0 Å². The van der Waals surface area contributed by atoms with Crippen LogP contribution in [0.4, 0.5) is 17.6 Å². The molecule has 0 radical (unpaired) electrons. The molecule has 0 amide bonds. The molecule has 0 bridgehead atoms. The van der Waals surface area contributed by atoms with Gasteiger partial charge in [0, 0.05) is 6.42 Å². The van der Waals surface area contributed by atoms with Gasteiger partial charge in [-0.2, -0.15) is 13.2 Å². The van der Waals surface area contributed by atoms with E-state index in [1.165, 1.54) is 0 Å². The Kier molecular flexibility index (Phi) is 2.86. The predicted molar refractivity (Wildman–Crippen MR) is 63.2 cm³/mol. The summed E-state index contributed by atoms with van der Waals surface area (Å²) in [5.74, 6) is -2.02. The van der Waals surface area contributed by atoms with E-state index in [0.717, 1.165) is 6.07 Å². The highest BCUT2D eigenvalue weighted by Gasteiger charge is 2.36. The molecule has 3 rings (SSSR count). The van der Waals surface area contributed by atoms with Gasteiger partial charge in [-0.25, -0.2) is 9.37 Å². The zero-order valence-electron chi connectivity index (χ0n) is 9.68. The zero-order chi connectivity index (χ0) is 14.5. The highest BCUT2D eigenvalue weighted by molar-refractivity contribution is 6.35. The lowest BCUT2D eigenvalue weighted by atomic mass is 10.1. The second-order valence-electron chi connectivity index (χ2n) is 4.14. The molecule has 0 unspecified atom stereocenters. The predicted octanol–water partition coefficient (Wildman–Crippen LogP) is 3.50. The minimum absolute atomic E-state index is 0.0787. The van der Waals surface area contributed by atoms with Crippen molar-refractivity contribution in [3.05, 3.63) is 28.3 Å². The highest BCUT2D eigenvalue weighted by atomic mass is 35.5. The van der Waals surface area contributed by atoms with E-state index >= 15 is 0 Å². The van der Waals surface area contributed by atoms with Gasteiger partial charge in [0.1, 0.15) is 17.9 Å². The van der Waals surface area contributed by atoms with Crippen LogP contribution in [0.3, 0.4) is 0 Å². The van der Waals surface area contributed by atoms with Gasteiger partial charge in [-0.3, -0.25) is 0 Å². The molecule has 2 aromatic rings. The first-order chi connectivity index (χ1) is 9.38. The number of aromatic amines is 1. The molecule has 0 aliphatic carbocycles. The van der Waals surface area contributed by atoms with Gasteiger partial charge >= 0.3 is 6.18 Å². The highest BCUT2D eigenvalue weighted by Crippen LogP contribution is 2.34. The third-order valence-electron chi connectivity index (χ3n) is 2.83. The molecule has 1 aliphatic rings. The molecule has 1 aliphatic heterocycles. The van der Waals surface area contributed by atoms with E-state index in [4.69, 9.17) is 16.4 Å². The Morgan fingerprint density at radius 2 is 2.10 bits per heavy atom. The van der Waals surface area contributed by atoms with Gasteiger partial charge in [0.15, 0.2) is 0 Å². The van der Waals surface area contributed by atoms with Gasteiger partial charge in [0.05, 0.1) is 21.8 Å². The van der Waals surface area contributed by atoms with Crippen molar-refractivity contribution in [1.29, 1.82) is 0 Å². The largest absolute Gasteiger partial charge is 0.449 e. The Morgan fingerprint density at radius 1 is 1.35 bits per heavy atom. The number of alkyl halides is 3. The first kappa shape index (κ1) is 13.2. The van der Waals surface area contributed by atoms with Crippen LogP contribution < -0.4 is 0 Å². The van der Waals surface area contributed by atoms with Crippen molar-refractivity contribution < 1.29 is 22.4 Å². The van der Waals surface area contributed by atoms with Gasteiger partial charge in [-0.1, -0.05) is 16.8 Å². The summed E-state index contributed by atoms with van der Waals surface area (Å²) in [6.45, 7) is 0.245. The van der Waals surface area contributed by atoms with Crippen LogP contribution in [0.25, 0.3) is 11.0 Å². The van der Waals surface area contributed by atoms with Crippen molar-refractivity contribution in [3.63, 3.8) is 0 Å². The van der Waals surface area contributed by atoms with Crippen molar-refractivity contribution in [3.8, 4) is 0 Å². The van der Waals surface area contributed by atoms with Crippen LogP contribution >= 0.6 is 11.6 Å². The molecule has 9 heteroatoms. The Balaban J connectivity index is 2.31. The lowest BCUT2D eigenvalue weighted by molar-refractivity contribution is -0.144. The van der Waals surface area contributed by atoms with Gasteiger partial charge in [-0.05, 0) is 6.07 Å². The molecule has 0 spiro atoms. The standard InChI is InChI=1S/C11H6ClF4N3O/c12-4-3-5(13)7(6-1-2-20-19-6)9-8(4)17-10(18-9)11(14,15)16/h3H,1-2H2,(H,17,18). The van der Waals surface area contributed by atoms with Crippen LogP contribution in [0.15, 0.2) is 11.2 Å².